The molecule has 0 aromatic heterocycles. The first-order valence-electron chi connectivity index (χ1n) is 2.83. The van der Waals surface area contributed by atoms with Crippen molar-refractivity contribution in [1.82, 2.24) is 0 Å². The van der Waals surface area contributed by atoms with Crippen molar-refractivity contribution in [3.8, 4) is 0 Å². The number of carbonyl (C=O) groups is 1. The molecule has 0 atom stereocenters. The van der Waals surface area contributed by atoms with E-state index >= 15 is 0 Å². The quantitative estimate of drug-likeness (QED) is 0.394. The third kappa shape index (κ3) is 4.32. The zero-order chi connectivity index (χ0) is 7.98. The number of allylic oxidation sites excluding steroid dienone is 1. The maximum atomic E-state index is 12.1. The minimum atomic E-state index is -1.52. The van der Waals surface area contributed by atoms with Crippen molar-refractivity contribution in [2.24, 2.45) is 0 Å². The number of rotatable bonds is 4. The molecule has 1 N–H and O–H groups in total. The highest BCUT2D eigenvalue weighted by Gasteiger charge is 2.02. The van der Waals surface area contributed by atoms with Crippen molar-refractivity contribution < 1.29 is 14.3 Å². The van der Waals surface area contributed by atoms with Crippen molar-refractivity contribution in [1.29, 1.82) is 0 Å². The predicted molar refractivity (Wildman–Crippen MR) is 36.8 cm³/mol. The van der Waals surface area contributed by atoms with Gasteiger partial charge in [0, 0.05) is 5.88 Å². The highest BCUT2D eigenvalue weighted by atomic mass is 35.5. The van der Waals surface area contributed by atoms with Crippen LogP contribution in [0.2, 0.25) is 0 Å². The van der Waals surface area contributed by atoms with Crippen molar-refractivity contribution in [3.63, 3.8) is 0 Å². The van der Waals surface area contributed by atoms with Gasteiger partial charge in [0.15, 0.2) is 0 Å². The van der Waals surface area contributed by atoms with Crippen LogP contribution in [0.1, 0.15) is 12.8 Å². The second kappa shape index (κ2) is 5.23. The summed E-state index contributed by atoms with van der Waals surface area (Å²) in [5.74, 6) is -2.21. The molecule has 0 spiro atoms. The van der Waals surface area contributed by atoms with Crippen molar-refractivity contribution >= 4 is 17.6 Å². The van der Waals surface area contributed by atoms with Gasteiger partial charge < -0.3 is 5.11 Å². The maximum absolute atomic E-state index is 12.1. The van der Waals surface area contributed by atoms with E-state index in [9.17, 15) is 9.18 Å². The van der Waals surface area contributed by atoms with Gasteiger partial charge in [0.25, 0.3) is 0 Å². The molecule has 0 saturated heterocycles. The van der Waals surface area contributed by atoms with Crippen LogP contribution in [0.4, 0.5) is 4.39 Å². The van der Waals surface area contributed by atoms with Crippen LogP contribution >= 0.6 is 11.6 Å². The molecule has 58 valence electrons. The molecule has 4 heteroatoms. The van der Waals surface area contributed by atoms with Gasteiger partial charge in [0.2, 0.25) is 5.83 Å². The molecule has 2 nitrogen and oxygen atoms in total. The van der Waals surface area contributed by atoms with Crippen molar-refractivity contribution in [2.75, 3.05) is 5.88 Å². The van der Waals surface area contributed by atoms with E-state index in [0.29, 0.717) is 18.7 Å². The highest BCUT2D eigenvalue weighted by molar-refractivity contribution is 6.17. The van der Waals surface area contributed by atoms with E-state index in [-0.39, 0.29) is 0 Å². The molecule has 10 heavy (non-hydrogen) atoms. The lowest BCUT2D eigenvalue weighted by atomic mass is 10.3. The van der Waals surface area contributed by atoms with E-state index in [1.54, 1.807) is 0 Å². The summed E-state index contributed by atoms with van der Waals surface area (Å²) in [6.07, 6.45) is 1.99. The van der Waals surface area contributed by atoms with Gasteiger partial charge in [-0.1, -0.05) is 0 Å². The Kier molecular flexibility index (Phi) is 4.94. The Labute approximate surface area is 63.3 Å². The minimum absolute atomic E-state index is 0.377. The highest BCUT2D eigenvalue weighted by Crippen LogP contribution is 2.01. The van der Waals surface area contributed by atoms with Gasteiger partial charge in [-0.15, -0.1) is 11.6 Å². The summed E-state index contributed by atoms with van der Waals surface area (Å²) in [6, 6.07) is 0. The molecule has 0 saturated carbocycles. The average molecular weight is 167 g/mol. The van der Waals surface area contributed by atoms with Gasteiger partial charge in [0.05, 0.1) is 0 Å². The monoisotopic (exact) mass is 166 g/mol. The molecule has 0 aromatic rings. The first-order chi connectivity index (χ1) is 4.68. The zero-order valence-electron chi connectivity index (χ0n) is 5.31. The third-order valence-electron chi connectivity index (χ3n) is 0.866. The van der Waals surface area contributed by atoms with E-state index in [1.807, 2.05) is 0 Å². The summed E-state index contributed by atoms with van der Waals surface area (Å²) in [6.45, 7) is 0. The second-order valence-corrected chi connectivity index (χ2v) is 2.07. The van der Waals surface area contributed by atoms with Crippen molar-refractivity contribution in [3.05, 3.63) is 11.9 Å². The van der Waals surface area contributed by atoms with Crippen LogP contribution in [0.25, 0.3) is 0 Å². The Bertz CT molecular complexity index is 145. The number of carboxylic acids is 1. The van der Waals surface area contributed by atoms with Crippen LogP contribution in [0, 0.1) is 0 Å². The van der Waals surface area contributed by atoms with Gasteiger partial charge in [-0.2, -0.15) is 4.39 Å². The SMILES string of the molecule is O=C(O)/C(F)=C/CCCCl. The summed E-state index contributed by atoms with van der Waals surface area (Å²) in [7, 11) is 0. The summed E-state index contributed by atoms with van der Waals surface area (Å²) in [5, 5.41) is 8.01. The molecule has 0 aliphatic rings. The molecule has 0 aromatic carbocycles. The molecular weight excluding hydrogens is 159 g/mol. The Morgan fingerprint density at radius 1 is 1.70 bits per heavy atom. The molecular formula is C6H8ClFO2. The van der Waals surface area contributed by atoms with Crippen molar-refractivity contribution in [2.45, 2.75) is 12.8 Å². The first kappa shape index (κ1) is 9.43. The lowest BCUT2D eigenvalue weighted by Crippen LogP contribution is -1.94. The van der Waals surface area contributed by atoms with E-state index < -0.39 is 11.8 Å². The predicted octanol–water partition coefficient (Wildman–Crippen LogP) is 1.94. The Hall–Kier alpha value is -0.570. The number of hydrogen-bond acceptors (Lipinski definition) is 1. The zero-order valence-corrected chi connectivity index (χ0v) is 6.07. The van der Waals surface area contributed by atoms with Gasteiger partial charge in [-0.25, -0.2) is 4.79 Å². The molecule has 0 bridgehead atoms. The Balaban J connectivity index is 3.58. The van der Waals surface area contributed by atoms with Crippen LogP contribution in [0.3, 0.4) is 0 Å². The largest absolute Gasteiger partial charge is 0.476 e. The number of alkyl halides is 1. The van der Waals surface area contributed by atoms with Crippen LogP contribution in [-0.2, 0) is 4.79 Å². The van der Waals surface area contributed by atoms with Gasteiger partial charge in [0.1, 0.15) is 0 Å². The fourth-order valence-corrected chi connectivity index (χ4v) is 0.548. The number of unbranched alkanes of at least 4 members (excludes halogenated alkanes) is 1. The van der Waals surface area contributed by atoms with Gasteiger partial charge >= 0.3 is 5.97 Å². The molecule has 0 aliphatic heterocycles. The average Bonchev–Trinajstić information content (AvgIpc) is 1.88. The number of aliphatic carboxylic acids is 1. The summed E-state index contributed by atoms with van der Waals surface area (Å²) in [4.78, 5) is 9.82. The van der Waals surface area contributed by atoms with E-state index in [4.69, 9.17) is 16.7 Å². The lowest BCUT2D eigenvalue weighted by Gasteiger charge is -1.88. The molecule has 0 heterocycles. The molecule has 0 amide bonds. The minimum Gasteiger partial charge on any atom is -0.476 e. The summed E-state index contributed by atoms with van der Waals surface area (Å²) >= 11 is 5.27. The van der Waals surface area contributed by atoms with Crippen LogP contribution in [-0.4, -0.2) is 17.0 Å². The first-order valence-corrected chi connectivity index (χ1v) is 3.37. The standard InChI is InChI=1S/C6H8ClFO2/c7-4-2-1-3-5(8)6(9)10/h3H,1-2,4H2,(H,9,10)/b5-3-. The van der Waals surface area contributed by atoms with E-state index in [0.717, 1.165) is 6.08 Å². The van der Waals surface area contributed by atoms with Gasteiger partial charge in [-0.05, 0) is 18.9 Å². The second-order valence-electron chi connectivity index (χ2n) is 1.69. The van der Waals surface area contributed by atoms with E-state index in [2.05, 4.69) is 0 Å². The Morgan fingerprint density at radius 2 is 2.30 bits per heavy atom. The number of halogens is 2. The molecule has 0 fully saturated rings. The Morgan fingerprint density at radius 3 is 2.70 bits per heavy atom. The number of carboxylic acid groups (broad SMARTS) is 1. The fourth-order valence-electron chi connectivity index (χ4n) is 0.393. The molecule has 0 unspecified atom stereocenters. The maximum Gasteiger partial charge on any atom is 0.364 e. The van der Waals surface area contributed by atoms with E-state index in [1.165, 1.54) is 0 Å². The fraction of sp³-hybridized carbons (Fsp3) is 0.500. The lowest BCUT2D eigenvalue weighted by molar-refractivity contribution is -0.134. The molecule has 0 radical (unpaired) electrons. The third-order valence-corrected chi connectivity index (χ3v) is 1.13. The van der Waals surface area contributed by atoms with Gasteiger partial charge in [-0.3, -0.25) is 0 Å². The smallest absolute Gasteiger partial charge is 0.364 e. The topological polar surface area (TPSA) is 37.3 Å². The van der Waals surface area contributed by atoms with Crippen LogP contribution in [0.5, 0.6) is 0 Å². The summed E-state index contributed by atoms with van der Waals surface area (Å²) in [5.41, 5.74) is 0. The number of hydrogen-bond donors (Lipinski definition) is 1. The van der Waals surface area contributed by atoms with Crippen LogP contribution < -0.4 is 0 Å². The summed E-state index contributed by atoms with van der Waals surface area (Å²) < 4.78 is 12.1. The molecule has 0 rings (SSSR count). The van der Waals surface area contributed by atoms with Crippen LogP contribution in [0.15, 0.2) is 11.9 Å². The molecule has 0 aliphatic carbocycles. The normalized spacial score (nSPS) is 11.6.